The minimum atomic E-state index is -0.151. The van der Waals surface area contributed by atoms with Gasteiger partial charge in [0.1, 0.15) is 0 Å². The lowest BCUT2D eigenvalue weighted by atomic mass is 10.2. The Kier molecular flexibility index (Phi) is 6.95. The molecule has 0 saturated heterocycles. The average Bonchev–Trinajstić information content (AvgIpc) is 3.16. The van der Waals surface area contributed by atoms with Crippen molar-refractivity contribution >= 4 is 35.5 Å². The molecule has 0 radical (unpaired) electrons. The van der Waals surface area contributed by atoms with Gasteiger partial charge in [-0.3, -0.25) is 4.79 Å². The Labute approximate surface area is 165 Å². The Morgan fingerprint density at radius 1 is 1.19 bits per heavy atom. The number of carbonyl (C=O) groups excluding carboxylic acids is 1. The number of tetrazole rings is 1. The molecule has 27 heavy (non-hydrogen) atoms. The number of hydrogen-bond acceptors (Lipinski definition) is 6. The molecular formula is C18H17ClN6OS. The van der Waals surface area contributed by atoms with Crippen LogP contribution in [0.15, 0.2) is 64.9 Å². The Morgan fingerprint density at radius 3 is 2.78 bits per heavy atom. The lowest BCUT2D eigenvalue weighted by molar-refractivity contribution is -0.121. The van der Waals surface area contributed by atoms with Gasteiger partial charge >= 0.3 is 0 Å². The number of benzene rings is 2. The van der Waals surface area contributed by atoms with Crippen molar-refractivity contribution in [2.45, 2.75) is 18.0 Å². The van der Waals surface area contributed by atoms with Crippen LogP contribution in [0.25, 0.3) is 5.69 Å². The molecule has 0 spiro atoms. The van der Waals surface area contributed by atoms with Crippen LogP contribution in [0.2, 0.25) is 5.02 Å². The van der Waals surface area contributed by atoms with Crippen molar-refractivity contribution < 1.29 is 4.79 Å². The van der Waals surface area contributed by atoms with Gasteiger partial charge in [-0.15, -0.1) is 5.10 Å². The molecule has 1 heterocycles. The Morgan fingerprint density at radius 2 is 1.96 bits per heavy atom. The number of hydrazone groups is 1. The van der Waals surface area contributed by atoms with Crippen molar-refractivity contribution in [3.8, 4) is 5.69 Å². The van der Waals surface area contributed by atoms with E-state index in [0.29, 0.717) is 23.0 Å². The molecule has 1 aromatic heterocycles. The number of amides is 1. The van der Waals surface area contributed by atoms with Gasteiger partial charge in [-0.2, -0.15) is 9.78 Å². The van der Waals surface area contributed by atoms with Crippen LogP contribution in [0, 0.1) is 0 Å². The highest BCUT2D eigenvalue weighted by molar-refractivity contribution is 7.99. The van der Waals surface area contributed by atoms with Crippen LogP contribution in [-0.2, 0) is 4.79 Å². The summed E-state index contributed by atoms with van der Waals surface area (Å²) in [5.74, 6) is 0.566. The first-order valence-electron chi connectivity index (χ1n) is 8.27. The molecule has 0 aliphatic carbocycles. The molecule has 9 heteroatoms. The topological polar surface area (TPSA) is 85.1 Å². The van der Waals surface area contributed by atoms with E-state index in [1.165, 1.54) is 18.0 Å². The largest absolute Gasteiger partial charge is 0.273 e. The highest BCUT2D eigenvalue weighted by Gasteiger charge is 2.09. The van der Waals surface area contributed by atoms with Gasteiger partial charge in [0.2, 0.25) is 11.1 Å². The third-order valence-corrected chi connectivity index (χ3v) is 4.87. The van der Waals surface area contributed by atoms with Crippen LogP contribution in [0.5, 0.6) is 0 Å². The second-order valence-corrected chi connectivity index (χ2v) is 6.94. The first-order chi connectivity index (χ1) is 13.2. The zero-order valence-corrected chi connectivity index (χ0v) is 15.9. The molecule has 0 saturated carbocycles. The van der Waals surface area contributed by atoms with Crippen molar-refractivity contribution in [3.05, 3.63) is 65.2 Å². The molecular weight excluding hydrogens is 384 g/mol. The fourth-order valence-electron chi connectivity index (χ4n) is 2.21. The maximum Gasteiger partial charge on any atom is 0.240 e. The Hall–Kier alpha value is -2.71. The van der Waals surface area contributed by atoms with E-state index < -0.39 is 0 Å². The standard InChI is InChI=1S/C18H17ClN6OS/c19-16-10-5-4-7-14(16)13-20-21-17(26)11-6-12-27-18-22-23-24-25(18)15-8-2-1-3-9-15/h1-5,7-10,13H,6,11-12H2,(H,21,26). The highest BCUT2D eigenvalue weighted by Crippen LogP contribution is 2.19. The molecule has 0 atom stereocenters. The fraction of sp³-hybridized carbons (Fsp3) is 0.167. The first-order valence-corrected chi connectivity index (χ1v) is 9.63. The van der Waals surface area contributed by atoms with Crippen molar-refractivity contribution in [2.24, 2.45) is 5.10 Å². The molecule has 0 aliphatic rings. The van der Waals surface area contributed by atoms with Crippen molar-refractivity contribution in [3.63, 3.8) is 0 Å². The van der Waals surface area contributed by atoms with E-state index >= 15 is 0 Å². The van der Waals surface area contributed by atoms with E-state index in [9.17, 15) is 4.79 Å². The summed E-state index contributed by atoms with van der Waals surface area (Å²) in [6.45, 7) is 0. The predicted octanol–water partition coefficient (Wildman–Crippen LogP) is 3.34. The van der Waals surface area contributed by atoms with Crippen LogP contribution >= 0.6 is 23.4 Å². The van der Waals surface area contributed by atoms with Crippen molar-refractivity contribution in [1.82, 2.24) is 25.6 Å². The number of aromatic nitrogens is 4. The molecule has 7 nitrogen and oxygen atoms in total. The molecule has 3 aromatic rings. The first kappa shape index (κ1) is 19.1. The van der Waals surface area contributed by atoms with Gasteiger partial charge in [0.15, 0.2) is 0 Å². The smallest absolute Gasteiger partial charge is 0.240 e. The van der Waals surface area contributed by atoms with Gasteiger partial charge in [-0.25, -0.2) is 5.43 Å². The number of hydrogen-bond donors (Lipinski definition) is 1. The summed E-state index contributed by atoms with van der Waals surface area (Å²) in [6, 6.07) is 17.0. The summed E-state index contributed by atoms with van der Waals surface area (Å²) in [5, 5.41) is 17.0. The minimum Gasteiger partial charge on any atom is -0.273 e. The number of para-hydroxylation sites is 1. The Bertz CT molecular complexity index is 915. The summed E-state index contributed by atoms with van der Waals surface area (Å²) in [7, 11) is 0. The maximum absolute atomic E-state index is 11.9. The van der Waals surface area contributed by atoms with Crippen LogP contribution < -0.4 is 5.43 Å². The Balaban J connectivity index is 1.41. The minimum absolute atomic E-state index is 0.151. The molecule has 138 valence electrons. The van der Waals surface area contributed by atoms with Gasteiger partial charge in [-0.05, 0) is 35.0 Å². The van der Waals surface area contributed by atoms with Gasteiger partial charge in [0.25, 0.3) is 0 Å². The normalized spacial score (nSPS) is 11.0. The number of nitrogens with zero attached hydrogens (tertiary/aromatic N) is 5. The third-order valence-electron chi connectivity index (χ3n) is 3.52. The molecule has 2 aromatic carbocycles. The SMILES string of the molecule is O=C(CCCSc1nnnn1-c1ccccc1)NN=Cc1ccccc1Cl. The average molecular weight is 401 g/mol. The lowest BCUT2D eigenvalue weighted by Crippen LogP contribution is -2.17. The molecule has 0 unspecified atom stereocenters. The molecule has 0 aliphatic heterocycles. The number of halogens is 1. The molecule has 1 amide bonds. The fourth-order valence-corrected chi connectivity index (χ4v) is 3.22. The van der Waals surface area contributed by atoms with E-state index in [0.717, 1.165) is 17.0 Å². The number of rotatable bonds is 8. The zero-order chi connectivity index (χ0) is 18.9. The van der Waals surface area contributed by atoms with E-state index in [2.05, 4.69) is 26.1 Å². The van der Waals surface area contributed by atoms with Gasteiger partial charge in [0, 0.05) is 22.8 Å². The molecule has 1 N–H and O–H groups in total. The molecule has 3 rings (SSSR count). The summed E-state index contributed by atoms with van der Waals surface area (Å²) in [5.41, 5.74) is 4.16. The third kappa shape index (κ3) is 5.63. The van der Waals surface area contributed by atoms with Gasteiger partial charge in [0.05, 0.1) is 11.9 Å². The summed E-state index contributed by atoms with van der Waals surface area (Å²) >= 11 is 7.53. The highest BCUT2D eigenvalue weighted by atomic mass is 35.5. The van der Waals surface area contributed by atoms with Crippen molar-refractivity contribution in [2.75, 3.05) is 5.75 Å². The lowest BCUT2D eigenvalue weighted by Gasteiger charge is -2.04. The van der Waals surface area contributed by atoms with E-state index in [1.54, 1.807) is 10.7 Å². The second-order valence-electron chi connectivity index (χ2n) is 5.48. The quantitative estimate of drug-likeness (QED) is 0.271. The number of carbonyl (C=O) groups is 1. The van der Waals surface area contributed by atoms with E-state index in [4.69, 9.17) is 11.6 Å². The monoisotopic (exact) mass is 400 g/mol. The van der Waals surface area contributed by atoms with Crippen LogP contribution in [0.3, 0.4) is 0 Å². The van der Waals surface area contributed by atoms with E-state index in [1.807, 2.05) is 48.5 Å². The van der Waals surface area contributed by atoms with Crippen molar-refractivity contribution in [1.29, 1.82) is 0 Å². The number of nitrogens with one attached hydrogen (secondary N) is 1. The van der Waals surface area contributed by atoms with Crippen LogP contribution in [-0.4, -0.2) is 38.1 Å². The molecule has 0 bridgehead atoms. The maximum atomic E-state index is 11.9. The van der Waals surface area contributed by atoms with Crippen LogP contribution in [0.1, 0.15) is 18.4 Å². The predicted molar refractivity (Wildman–Crippen MR) is 106 cm³/mol. The number of thioether (sulfide) groups is 1. The van der Waals surface area contributed by atoms with Gasteiger partial charge in [-0.1, -0.05) is 59.8 Å². The van der Waals surface area contributed by atoms with Crippen LogP contribution in [0.4, 0.5) is 0 Å². The van der Waals surface area contributed by atoms with E-state index in [-0.39, 0.29) is 5.91 Å². The zero-order valence-electron chi connectivity index (χ0n) is 14.3. The summed E-state index contributed by atoms with van der Waals surface area (Å²) < 4.78 is 1.68. The summed E-state index contributed by atoms with van der Waals surface area (Å²) in [4.78, 5) is 11.9. The second kappa shape index (κ2) is 9.84. The van der Waals surface area contributed by atoms with Gasteiger partial charge < -0.3 is 0 Å². The summed E-state index contributed by atoms with van der Waals surface area (Å²) in [6.07, 6.45) is 2.57. The molecule has 0 fully saturated rings.